The molecule has 0 spiro atoms. The van der Waals surface area contributed by atoms with Gasteiger partial charge in [-0.05, 0) is 155 Å². The molecule has 0 aromatic heterocycles. The second-order valence-electron chi connectivity index (χ2n) is 14.3. The van der Waals surface area contributed by atoms with Crippen LogP contribution in [0.1, 0.15) is 50.9 Å². The first-order valence-electron chi connectivity index (χ1n) is 18.1. The van der Waals surface area contributed by atoms with Gasteiger partial charge >= 0.3 is 0 Å². The van der Waals surface area contributed by atoms with Crippen LogP contribution in [-0.4, -0.2) is 6.04 Å². The molecule has 1 atom stereocenters. The summed E-state index contributed by atoms with van der Waals surface area (Å²) >= 11 is 0. The Labute approximate surface area is 305 Å². The lowest BCUT2D eigenvalue weighted by Crippen LogP contribution is -2.30. The maximum atomic E-state index is 2.47. The minimum absolute atomic E-state index is 0.224. The van der Waals surface area contributed by atoms with Crippen molar-refractivity contribution < 1.29 is 0 Å². The van der Waals surface area contributed by atoms with E-state index in [1.807, 2.05) is 0 Å². The molecule has 0 N–H and O–H groups in total. The molecule has 1 aliphatic carbocycles. The summed E-state index contributed by atoms with van der Waals surface area (Å²) in [6, 6.07) is 47.1. The van der Waals surface area contributed by atoms with Crippen molar-refractivity contribution in [2.45, 2.75) is 60.9 Å². The third-order valence-electron chi connectivity index (χ3n) is 10.3. The third-order valence-corrected chi connectivity index (χ3v) is 10.3. The predicted octanol–water partition coefficient (Wildman–Crippen LogP) is 13.5. The minimum atomic E-state index is 0.224. The Morgan fingerprint density at radius 2 is 0.843 bits per heavy atom. The second kappa shape index (κ2) is 14.3. The Morgan fingerprint density at radius 1 is 0.451 bits per heavy atom. The summed E-state index contributed by atoms with van der Waals surface area (Å²) in [5.41, 5.74) is 20.1. The number of nitrogens with zero attached hydrogens (tertiary/aromatic N) is 2. The standard InChI is InChI=1S/C49H48N2/c1-33-8-20-42(21-9-33)50(43-22-10-34(2)11-23-43)46-28-16-40(17-29-46)48-37(5)32-38(6)49(39(48)7)41-18-30-47(31-19-41)51(44-24-12-35(3)13-25-44)45-26-14-36(4)15-27-45/h8-30,32,47H,31H2,1-7H3. The highest BCUT2D eigenvalue weighted by Gasteiger charge is 2.23. The molecule has 7 rings (SSSR count). The molecule has 2 nitrogen and oxygen atoms in total. The van der Waals surface area contributed by atoms with E-state index in [1.165, 1.54) is 72.6 Å². The van der Waals surface area contributed by atoms with Crippen molar-refractivity contribution in [3.8, 4) is 11.1 Å². The van der Waals surface area contributed by atoms with Crippen molar-refractivity contribution in [1.29, 1.82) is 0 Å². The fourth-order valence-corrected chi connectivity index (χ4v) is 7.61. The molecule has 0 saturated heterocycles. The summed E-state index contributed by atoms with van der Waals surface area (Å²) in [4.78, 5) is 4.81. The van der Waals surface area contributed by atoms with Crippen LogP contribution < -0.4 is 9.80 Å². The molecule has 0 fully saturated rings. The smallest absolute Gasteiger partial charge is 0.0560 e. The van der Waals surface area contributed by atoms with Crippen molar-refractivity contribution in [1.82, 2.24) is 0 Å². The van der Waals surface area contributed by atoms with Gasteiger partial charge in [0.2, 0.25) is 0 Å². The normalized spacial score (nSPS) is 13.9. The first-order valence-corrected chi connectivity index (χ1v) is 18.1. The van der Waals surface area contributed by atoms with Crippen LogP contribution in [0.25, 0.3) is 16.7 Å². The summed E-state index contributed by atoms with van der Waals surface area (Å²) in [5.74, 6) is 0. The van der Waals surface area contributed by atoms with Gasteiger partial charge in [0.15, 0.2) is 0 Å². The van der Waals surface area contributed by atoms with E-state index in [0.29, 0.717) is 0 Å². The monoisotopic (exact) mass is 664 g/mol. The van der Waals surface area contributed by atoms with Gasteiger partial charge in [-0.25, -0.2) is 0 Å². The molecule has 0 bridgehead atoms. The van der Waals surface area contributed by atoms with Gasteiger partial charge in [0.1, 0.15) is 0 Å². The van der Waals surface area contributed by atoms with E-state index < -0.39 is 0 Å². The molecule has 0 amide bonds. The van der Waals surface area contributed by atoms with Crippen LogP contribution in [0.15, 0.2) is 146 Å². The molecule has 2 heteroatoms. The van der Waals surface area contributed by atoms with E-state index in [2.05, 4.69) is 204 Å². The van der Waals surface area contributed by atoms with Crippen LogP contribution in [-0.2, 0) is 0 Å². The van der Waals surface area contributed by atoms with Crippen molar-refractivity contribution in [3.63, 3.8) is 0 Å². The Bertz CT molecular complexity index is 2110. The van der Waals surface area contributed by atoms with Gasteiger partial charge in [-0.3, -0.25) is 0 Å². The van der Waals surface area contributed by atoms with Gasteiger partial charge < -0.3 is 9.80 Å². The molecular formula is C49H48N2. The van der Waals surface area contributed by atoms with E-state index in [4.69, 9.17) is 0 Å². The average Bonchev–Trinajstić information content (AvgIpc) is 3.13. The molecule has 51 heavy (non-hydrogen) atoms. The van der Waals surface area contributed by atoms with Crippen LogP contribution in [0.5, 0.6) is 0 Å². The maximum absolute atomic E-state index is 2.47. The summed E-state index contributed by atoms with van der Waals surface area (Å²) in [5, 5.41) is 0. The molecule has 254 valence electrons. The number of aryl methyl sites for hydroxylation is 6. The zero-order valence-corrected chi connectivity index (χ0v) is 31.0. The molecular weight excluding hydrogens is 617 g/mol. The van der Waals surface area contributed by atoms with Crippen molar-refractivity contribution in [2.75, 3.05) is 9.80 Å². The van der Waals surface area contributed by atoms with Crippen LogP contribution in [0.2, 0.25) is 0 Å². The molecule has 1 unspecified atom stereocenters. The van der Waals surface area contributed by atoms with Gasteiger partial charge in [0.05, 0.1) is 6.04 Å². The highest BCUT2D eigenvalue weighted by molar-refractivity contribution is 5.86. The van der Waals surface area contributed by atoms with Crippen LogP contribution in [0, 0.1) is 48.5 Å². The van der Waals surface area contributed by atoms with Crippen LogP contribution in [0.4, 0.5) is 28.4 Å². The second-order valence-corrected chi connectivity index (χ2v) is 14.3. The number of hydrogen-bond acceptors (Lipinski definition) is 2. The zero-order chi connectivity index (χ0) is 35.6. The molecule has 0 heterocycles. The van der Waals surface area contributed by atoms with Gasteiger partial charge in [0.25, 0.3) is 0 Å². The first kappa shape index (κ1) is 33.9. The first-order chi connectivity index (χ1) is 24.7. The minimum Gasteiger partial charge on any atom is -0.334 e. The summed E-state index contributed by atoms with van der Waals surface area (Å²) in [7, 11) is 0. The van der Waals surface area contributed by atoms with Gasteiger partial charge in [-0.15, -0.1) is 0 Å². The molecule has 6 aromatic rings. The zero-order valence-electron chi connectivity index (χ0n) is 31.0. The lowest BCUT2D eigenvalue weighted by molar-refractivity contribution is 0.786. The Kier molecular flexibility index (Phi) is 9.52. The fraction of sp³-hybridized carbons (Fsp3) is 0.184. The molecule has 6 aromatic carbocycles. The summed E-state index contributed by atoms with van der Waals surface area (Å²) < 4.78 is 0. The molecule has 0 saturated carbocycles. The van der Waals surface area contributed by atoms with E-state index in [1.54, 1.807) is 0 Å². The average molecular weight is 665 g/mol. The van der Waals surface area contributed by atoms with Crippen molar-refractivity contribution >= 4 is 34.0 Å². The number of anilines is 5. The van der Waals surface area contributed by atoms with E-state index in [-0.39, 0.29) is 6.04 Å². The van der Waals surface area contributed by atoms with E-state index >= 15 is 0 Å². The number of benzene rings is 6. The van der Waals surface area contributed by atoms with Crippen molar-refractivity contribution in [3.05, 3.63) is 190 Å². The number of rotatable bonds is 8. The predicted molar refractivity (Wildman–Crippen MR) is 220 cm³/mol. The fourth-order valence-electron chi connectivity index (χ4n) is 7.61. The quantitative estimate of drug-likeness (QED) is 0.160. The van der Waals surface area contributed by atoms with Crippen molar-refractivity contribution in [2.24, 2.45) is 0 Å². The highest BCUT2D eigenvalue weighted by atomic mass is 15.2. The summed E-state index contributed by atoms with van der Waals surface area (Å²) in [6.45, 7) is 15.4. The number of allylic oxidation sites excluding steroid dienone is 2. The molecule has 0 aliphatic heterocycles. The summed E-state index contributed by atoms with van der Waals surface area (Å²) in [6.07, 6.45) is 8.12. The highest BCUT2D eigenvalue weighted by Crippen LogP contribution is 2.40. The topological polar surface area (TPSA) is 6.48 Å². The Morgan fingerprint density at radius 3 is 1.25 bits per heavy atom. The van der Waals surface area contributed by atoms with Gasteiger partial charge in [-0.2, -0.15) is 0 Å². The Balaban J connectivity index is 1.21. The number of hydrogen-bond donors (Lipinski definition) is 0. The van der Waals surface area contributed by atoms with E-state index in [0.717, 1.165) is 23.5 Å². The van der Waals surface area contributed by atoms with E-state index in [9.17, 15) is 0 Å². The third kappa shape index (κ3) is 7.05. The van der Waals surface area contributed by atoms with Crippen LogP contribution in [0.3, 0.4) is 0 Å². The lowest BCUT2D eigenvalue weighted by Gasteiger charge is -2.33. The molecule has 1 aliphatic rings. The van der Waals surface area contributed by atoms with Crippen LogP contribution >= 0.6 is 0 Å². The largest absolute Gasteiger partial charge is 0.334 e. The SMILES string of the molecule is Cc1ccc(N(c2ccc(C)cc2)c2ccc(-c3c(C)cc(C)c(C4=CCC(N(c5ccc(C)cc5)c5ccc(C)cc5)C=C4)c3C)cc2)cc1. The lowest BCUT2D eigenvalue weighted by atomic mass is 9.84. The maximum Gasteiger partial charge on any atom is 0.0560 e. The molecule has 0 radical (unpaired) electrons. The van der Waals surface area contributed by atoms with Gasteiger partial charge in [0, 0.05) is 28.4 Å². The Hall–Kier alpha value is -5.60. The van der Waals surface area contributed by atoms with Gasteiger partial charge in [-0.1, -0.05) is 107 Å².